The SMILES string of the molecule is C[C@]12CC[C@H]3[C@@H](CC=C4C=C(OS(=O)(=O)C(F)(F)F)CC[C@@]43C)[C@@H]1CC[C@@H]2C(=O)N(C(=O)NC1CCCCC1)C1CCCCC1. The van der Waals surface area contributed by atoms with E-state index >= 15 is 0 Å². The molecular formula is C34H49F3N2O5S. The number of carbonyl (C=O) groups is 2. The molecule has 0 heterocycles. The molecule has 1 N–H and O–H groups in total. The molecule has 6 atom stereocenters. The Morgan fingerprint density at radius 3 is 2.24 bits per heavy atom. The van der Waals surface area contributed by atoms with E-state index in [-0.39, 0.29) is 58.9 Å². The van der Waals surface area contributed by atoms with E-state index in [1.165, 1.54) is 12.5 Å². The second-order valence-corrected chi connectivity index (χ2v) is 16.8. The van der Waals surface area contributed by atoms with E-state index in [1.807, 2.05) is 0 Å². The molecule has 252 valence electrons. The summed E-state index contributed by atoms with van der Waals surface area (Å²) < 4.78 is 66.8. The molecular weight excluding hydrogens is 605 g/mol. The first kappa shape index (κ1) is 32.9. The minimum Gasteiger partial charge on any atom is -0.381 e. The van der Waals surface area contributed by atoms with Crippen molar-refractivity contribution >= 4 is 22.1 Å². The zero-order valence-corrected chi connectivity index (χ0v) is 27.5. The van der Waals surface area contributed by atoms with E-state index in [1.54, 1.807) is 4.90 Å². The van der Waals surface area contributed by atoms with Crippen LogP contribution in [0.25, 0.3) is 0 Å². The summed E-state index contributed by atoms with van der Waals surface area (Å²) >= 11 is 0. The Bertz CT molecular complexity index is 1330. The van der Waals surface area contributed by atoms with E-state index in [2.05, 4.69) is 29.4 Å². The zero-order valence-electron chi connectivity index (χ0n) is 26.7. The Morgan fingerprint density at radius 1 is 0.911 bits per heavy atom. The highest BCUT2D eigenvalue weighted by atomic mass is 32.2. The minimum absolute atomic E-state index is 0.00479. The third-order valence-corrected chi connectivity index (χ3v) is 13.9. The molecule has 0 aromatic carbocycles. The fourth-order valence-corrected chi connectivity index (χ4v) is 10.9. The molecule has 0 spiro atoms. The molecule has 6 rings (SSSR count). The fourth-order valence-electron chi connectivity index (χ4n) is 10.4. The van der Waals surface area contributed by atoms with Gasteiger partial charge in [-0.05, 0) is 104 Å². The van der Waals surface area contributed by atoms with Crippen molar-refractivity contribution in [2.45, 2.75) is 141 Å². The van der Waals surface area contributed by atoms with Gasteiger partial charge in [0.15, 0.2) is 0 Å². The third-order valence-electron chi connectivity index (χ3n) is 12.9. The monoisotopic (exact) mass is 654 g/mol. The second kappa shape index (κ2) is 12.2. The summed E-state index contributed by atoms with van der Waals surface area (Å²) in [7, 11) is -5.70. The van der Waals surface area contributed by atoms with Crippen LogP contribution in [0.15, 0.2) is 23.5 Å². The number of hydrogen-bond donors (Lipinski definition) is 1. The van der Waals surface area contributed by atoms with E-state index in [0.717, 1.165) is 95.5 Å². The predicted octanol–water partition coefficient (Wildman–Crippen LogP) is 8.13. The molecule has 6 aliphatic rings. The number of urea groups is 1. The normalized spacial score (nSPS) is 36.1. The molecule has 0 unspecified atom stereocenters. The van der Waals surface area contributed by atoms with Crippen molar-refractivity contribution in [3.63, 3.8) is 0 Å². The summed E-state index contributed by atoms with van der Waals surface area (Å²) in [5, 5.41) is 3.26. The average molecular weight is 655 g/mol. The van der Waals surface area contributed by atoms with Gasteiger partial charge in [0.25, 0.3) is 0 Å². The molecule has 4 saturated carbocycles. The van der Waals surface area contributed by atoms with Crippen LogP contribution in [0.3, 0.4) is 0 Å². The summed E-state index contributed by atoms with van der Waals surface area (Å²) in [6, 6.07) is -0.100. The van der Waals surface area contributed by atoms with Gasteiger partial charge in [-0.2, -0.15) is 21.6 Å². The Balaban J connectivity index is 1.21. The van der Waals surface area contributed by atoms with Crippen LogP contribution >= 0.6 is 0 Å². The van der Waals surface area contributed by atoms with Crippen molar-refractivity contribution in [3.05, 3.63) is 23.5 Å². The maximum Gasteiger partial charge on any atom is 0.534 e. The maximum atomic E-state index is 14.6. The number of carbonyl (C=O) groups excluding carboxylic acids is 2. The van der Waals surface area contributed by atoms with E-state index in [9.17, 15) is 31.2 Å². The van der Waals surface area contributed by atoms with Gasteiger partial charge in [-0.25, -0.2) is 4.79 Å². The highest BCUT2D eigenvalue weighted by Crippen LogP contribution is 2.66. The van der Waals surface area contributed by atoms with Gasteiger partial charge in [-0.3, -0.25) is 9.69 Å². The number of nitrogens with zero attached hydrogens (tertiary/aromatic N) is 1. The number of imide groups is 1. The van der Waals surface area contributed by atoms with Crippen LogP contribution in [0.5, 0.6) is 0 Å². The fraction of sp³-hybridized carbons (Fsp3) is 0.824. The molecule has 11 heteroatoms. The first-order valence-electron chi connectivity index (χ1n) is 17.3. The summed E-state index contributed by atoms with van der Waals surface area (Å²) in [6.45, 7) is 4.42. The van der Waals surface area contributed by atoms with Crippen molar-refractivity contribution in [1.82, 2.24) is 10.2 Å². The van der Waals surface area contributed by atoms with Gasteiger partial charge in [-0.1, -0.05) is 58.4 Å². The van der Waals surface area contributed by atoms with Gasteiger partial charge in [0.1, 0.15) is 5.76 Å². The summed E-state index contributed by atoms with van der Waals surface area (Å²) in [4.78, 5) is 30.1. The smallest absolute Gasteiger partial charge is 0.381 e. The number of alkyl halides is 3. The molecule has 6 aliphatic carbocycles. The summed E-state index contributed by atoms with van der Waals surface area (Å²) in [5.41, 5.74) is -5.12. The van der Waals surface area contributed by atoms with E-state index in [0.29, 0.717) is 18.3 Å². The van der Waals surface area contributed by atoms with Crippen LogP contribution in [0.4, 0.5) is 18.0 Å². The number of halogens is 3. The molecule has 7 nitrogen and oxygen atoms in total. The lowest BCUT2D eigenvalue weighted by molar-refractivity contribution is -0.141. The lowest BCUT2D eigenvalue weighted by Crippen LogP contribution is -2.57. The van der Waals surface area contributed by atoms with Gasteiger partial charge < -0.3 is 9.50 Å². The number of rotatable bonds is 5. The van der Waals surface area contributed by atoms with Gasteiger partial charge in [-0.15, -0.1) is 0 Å². The molecule has 0 bridgehead atoms. The first-order valence-corrected chi connectivity index (χ1v) is 18.7. The van der Waals surface area contributed by atoms with Gasteiger partial charge in [0, 0.05) is 24.4 Å². The molecule has 45 heavy (non-hydrogen) atoms. The van der Waals surface area contributed by atoms with E-state index < -0.39 is 15.6 Å². The van der Waals surface area contributed by atoms with Gasteiger partial charge >= 0.3 is 21.7 Å². The van der Waals surface area contributed by atoms with Crippen LogP contribution in [0.2, 0.25) is 0 Å². The van der Waals surface area contributed by atoms with Crippen LogP contribution in [0.1, 0.15) is 123 Å². The van der Waals surface area contributed by atoms with Crippen LogP contribution in [-0.2, 0) is 19.1 Å². The highest BCUT2D eigenvalue weighted by molar-refractivity contribution is 7.87. The van der Waals surface area contributed by atoms with Crippen molar-refractivity contribution < 1.29 is 35.4 Å². The number of amides is 3. The van der Waals surface area contributed by atoms with Gasteiger partial charge in [0.2, 0.25) is 5.91 Å². The number of hydrogen-bond acceptors (Lipinski definition) is 5. The highest BCUT2D eigenvalue weighted by Gasteiger charge is 2.61. The standard InChI is InChI=1S/C34H49F3N2O5S/c1-32-19-17-25(44-45(42,43)34(35,36)37)21-22(32)13-14-26-27-15-16-29(33(27,2)20-18-28(26)32)30(40)39(24-11-7-4-8-12-24)31(41)38-23-9-5-3-6-10-23/h13,21,23-24,26-29H,3-12,14-20H2,1-2H3,(H,38,41)/t26-,27-,28-,29+,32-,33-/m0/s1. The quantitative estimate of drug-likeness (QED) is 0.239. The topological polar surface area (TPSA) is 92.8 Å². The number of fused-ring (bicyclic) bond motifs is 5. The third kappa shape index (κ3) is 5.97. The molecule has 0 saturated heterocycles. The summed E-state index contributed by atoms with van der Waals surface area (Å²) in [5.74, 6) is 0.553. The molecule has 4 fully saturated rings. The number of nitrogens with one attached hydrogen (secondary N) is 1. The Labute approximate surface area is 265 Å². The largest absolute Gasteiger partial charge is 0.534 e. The minimum atomic E-state index is -5.70. The van der Waals surface area contributed by atoms with Crippen LogP contribution in [0, 0.1) is 34.5 Å². The molecule has 0 aliphatic heterocycles. The maximum absolute atomic E-state index is 14.6. The zero-order chi connectivity index (χ0) is 32.2. The lowest BCUT2D eigenvalue weighted by atomic mass is 9.48. The van der Waals surface area contributed by atoms with Crippen LogP contribution < -0.4 is 5.32 Å². The molecule has 0 aromatic rings. The lowest BCUT2D eigenvalue weighted by Gasteiger charge is -2.57. The number of allylic oxidation sites excluding steroid dienone is 4. The van der Waals surface area contributed by atoms with Gasteiger partial charge in [0.05, 0.1) is 0 Å². The Kier molecular flexibility index (Phi) is 8.92. The van der Waals surface area contributed by atoms with Crippen molar-refractivity contribution in [1.29, 1.82) is 0 Å². The van der Waals surface area contributed by atoms with Crippen molar-refractivity contribution in [2.75, 3.05) is 0 Å². The second-order valence-electron chi connectivity index (χ2n) is 15.2. The van der Waals surface area contributed by atoms with E-state index in [4.69, 9.17) is 0 Å². The van der Waals surface area contributed by atoms with Crippen LogP contribution in [-0.4, -0.2) is 42.8 Å². The predicted molar refractivity (Wildman–Crippen MR) is 164 cm³/mol. The molecule has 0 radical (unpaired) electrons. The van der Waals surface area contributed by atoms with Crippen molar-refractivity contribution in [2.24, 2.45) is 34.5 Å². The van der Waals surface area contributed by atoms with Crippen molar-refractivity contribution in [3.8, 4) is 0 Å². The first-order chi connectivity index (χ1) is 21.2. The molecule has 0 aromatic heterocycles. The Hall–Kier alpha value is -2.04. The summed E-state index contributed by atoms with van der Waals surface area (Å²) in [6.07, 6.45) is 18.7. The Morgan fingerprint density at radius 2 is 1.58 bits per heavy atom. The molecule has 3 amide bonds. The average Bonchev–Trinajstić information content (AvgIpc) is 3.35.